The van der Waals surface area contributed by atoms with E-state index in [1.807, 2.05) is 20.8 Å². The zero-order valence-electron chi connectivity index (χ0n) is 16.3. The first-order chi connectivity index (χ1) is 11.5. The summed E-state index contributed by atoms with van der Waals surface area (Å²) in [6.45, 7) is 8.82. The third kappa shape index (κ3) is 13.4. The SMILES string of the molecule is CCCCCCCCCOC(=O)CCCC(=O)OC(CC)C(C)C. The highest BCUT2D eigenvalue weighted by atomic mass is 16.5. The van der Waals surface area contributed by atoms with E-state index < -0.39 is 0 Å². The molecule has 142 valence electrons. The van der Waals surface area contributed by atoms with Crippen molar-refractivity contribution in [2.24, 2.45) is 5.92 Å². The lowest BCUT2D eigenvalue weighted by molar-refractivity contribution is -0.151. The molecule has 0 aromatic heterocycles. The number of hydrogen-bond donors (Lipinski definition) is 0. The summed E-state index contributed by atoms with van der Waals surface area (Å²) < 4.78 is 10.6. The highest BCUT2D eigenvalue weighted by Crippen LogP contribution is 2.12. The van der Waals surface area contributed by atoms with Gasteiger partial charge in [-0.2, -0.15) is 0 Å². The van der Waals surface area contributed by atoms with E-state index in [4.69, 9.17) is 9.47 Å². The van der Waals surface area contributed by atoms with Crippen LogP contribution in [0.4, 0.5) is 0 Å². The van der Waals surface area contributed by atoms with Crippen LogP contribution in [0.2, 0.25) is 0 Å². The molecule has 0 amide bonds. The Morgan fingerprint density at radius 3 is 1.96 bits per heavy atom. The van der Waals surface area contributed by atoms with Crippen LogP contribution >= 0.6 is 0 Å². The van der Waals surface area contributed by atoms with Crippen molar-refractivity contribution < 1.29 is 19.1 Å². The highest BCUT2D eigenvalue weighted by molar-refractivity contribution is 5.72. The average molecular weight is 343 g/mol. The number of carbonyl (C=O) groups excluding carboxylic acids is 2. The van der Waals surface area contributed by atoms with Gasteiger partial charge in [0.25, 0.3) is 0 Å². The summed E-state index contributed by atoms with van der Waals surface area (Å²) >= 11 is 0. The lowest BCUT2D eigenvalue weighted by atomic mass is 10.1. The molecule has 0 fully saturated rings. The summed E-state index contributed by atoms with van der Waals surface area (Å²) in [6.07, 6.45) is 10.3. The fraction of sp³-hybridized carbons (Fsp3) is 0.900. The van der Waals surface area contributed by atoms with Gasteiger partial charge in [0.2, 0.25) is 0 Å². The number of unbranched alkanes of at least 4 members (excludes halogenated alkanes) is 6. The molecular weight excluding hydrogens is 304 g/mol. The van der Waals surface area contributed by atoms with Crippen molar-refractivity contribution >= 4 is 11.9 Å². The quantitative estimate of drug-likeness (QED) is 0.294. The zero-order valence-corrected chi connectivity index (χ0v) is 16.3. The van der Waals surface area contributed by atoms with Gasteiger partial charge in [0.05, 0.1) is 6.61 Å². The molecule has 0 spiro atoms. The van der Waals surface area contributed by atoms with Crippen LogP contribution < -0.4 is 0 Å². The second-order valence-corrected chi connectivity index (χ2v) is 6.88. The number of ether oxygens (including phenoxy) is 2. The minimum absolute atomic E-state index is 0.0261. The molecule has 0 rings (SSSR count). The smallest absolute Gasteiger partial charge is 0.306 e. The Morgan fingerprint density at radius 2 is 1.38 bits per heavy atom. The van der Waals surface area contributed by atoms with Crippen LogP contribution in [0.3, 0.4) is 0 Å². The molecule has 0 aromatic rings. The summed E-state index contributed by atoms with van der Waals surface area (Å²) in [5, 5.41) is 0. The summed E-state index contributed by atoms with van der Waals surface area (Å²) in [4.78, 5) is 23.3. The molecule has 4 heteroatoms. The molecule has 1 atom stereocenters. The van der Waals surface area contributed by atoms with Crippen LogP contribution in [0.15, 0.2) is 0 Å². The second-order valence-electron chi connectivity index (χ2n) is 6.88. The van der Waals surface area contributed by atoms with Crippen molar-refractivity contribution in [3.63, 3.8) is 0 Å². The minimum atomic E-state index is -0.213. The summed E-state index contributed by atoms with van der Waals surface area (Å²) in [6, 6.07) is 0. The van der Waals surface area contributed by atoms with E-state index in [-0.39, 0.29) is 24.5 Å². The Labute approximate surface area is 148 Å². The molecule has 0 saturated carbocycles. The Bertz CT molecular complexity index is 326. The molecule has 0 saturated heterocycles. The number of esters is 2. The Kier molecular flexibility index (Phi) is 14.8. The van der Waals surface area contributed by atoms with Gasteiger partial charge in [0.15, 0.2) is 0 Å². The normalized spacial score (nSPS) is 12.2. The first-order valence-corrected chi connectivity index (χ1v) is 9.86. The molecule has 0 aliphatic rings. The molecule has 0 aliphatic heterocycles. The second kappa shape index (κ2) is 15.5. The summed E-state index contributed by atoms with van der Waals surface area (Å²) in [5.41, 5.74) is 0. The molecule has 0 bridgehead atoms. The van der Waals surface area contributed by atoms with Crippen LogP contribution in [0.25, 0.3) is 0 Å². The van der Waals surface area contributed by atoms with Crippen LogP contribution in [0.1, 0.15) is 98.3 Å². The highest BCUT2D eigenvalue weighted by Gasteiger charge is 2.16. The lowest BCUT2D eigenvalue weighted by Gasteiger charge is -2.19. The monoisotopic (exact) mass is 342 g/mol. The van der Waals surface area contributed by atoms with Crippen molar-refractivity contribution in [2.45, 2.75) is 104 Å². The van der Waals surface area contributed by atoms with Gasteiger partial charge in [-0.3, -0.25) is 9.59 Å². The van der Waals surface area contributed by atoms with Crippen LogP contribution in [0.5, 0.6) is 0 Å². The molecule has 0 N–H and O–H groups in total. The predicted molar refractivity (Wildman–Crippen MR) is 97.8 cm³/mol. The maximum atomic E-state index is 11.7. The number of carbonyl (C=O) groups is 2. The minimum Gasteiger partial charge on any atom is -0.466 e. The summed E-state index contributed by atoms with van der Waals surface area (Å²) in [7, 11) is 0. The van der Waals surface area contributed by atoms with Gasteiger partial charge in [0, 0.05) is 12.8 Å². The molecular formula is C20H38O4. The summed E-state index contributed by atoms with van der Waals surface area (Å²) in [5.74, 6) is -0.0917. The van der Waals surface area contributed by atoms with Gasteiger partial charge in [-0.05, 0) is 25.2 Å². The van der Waals surface area contributed by atoms with Crippen molar-refractivity contribution in [3.8, 4) is 0 Å². The average Bonchev–Trinajstić information content (AvgIpc) is 2.54. The molecule has 0 aromatic carbocycles. The van der Waals surface area contributed by atoms with E-state index in [9.17, 15) is 9.59 Å². The number of hydrogen-bond acceptors (Lipinski definition) is 4. The van der Waals surface area contributed by atoms with E-state index in [0.717, 1.165) is 19.3 Å². The van der Waals surface area contributed by atoms with E-state index in [1.54, 1.807) is 0 Å². The lowest BCUT2D eigenvalue weighted by Crippen LogP contribution is -2.22. The standard InChI is InChI=1S/C20H38O4/c1-5-7-8-9-10-11-12-16-23-19(21)14-13-15-20(22)24-18(6-2)17(3)4/h17-18H,5-16H2,1-4H3. The van der Waals surface area contributed by atoms with Crippen LogP contribution in [-0.2, 0) is 19.1 Å². The van der Waals surface area contributed by atoms with E-state index in [0.29, 0.717) is 25.4 Å². The molecule has 1 unspecified atom stereocenters. The first kappa shape index (κ1) is 22.9. The van der Waals surface area contributed by atoms with E-state index >= 15 is 0 Å². The Balaban J connectivity index is 3.54. The molecule has 4 nitrogen and oxygen atoms in total. The zero-order chi connectivity index (χ0) is 18.2. The fourth-order valence-electron chi connectivity index (χ4n) is 2.61. The van der Waals surface area contributed by atoms with Crippen molar-refractivity contribution in [1.82, 2.24) is 0 Å². The third-order valence-corrected chi connectivity index (χ3v) is 4.20. The fourth-order valence-corrected chi connectivity index (χ4v) is 2.61. The molecule has 0 aliphatic carbocycles. The van der Waals surface area contributed by atoms with Crippen molar-refractivity contribution in [2.75, 3.05) is 6.61 Å². The van der Waals surface area contributed by atoms with Crippen LogP contribution in [-0.4, -0.2) is 24.6 Å². The van der Waals surface area contributed by atoms with Gasteiger partial charge in [-0.1, -0.05) is 66.2 Å². The van der Waals surface area contributed by atoms with Gasteiger partial charge in [0.1, 0.15) is 6.10 Å². The largest absolute Gasteiger partial charge is 0.466 e. The maximum absolute atomic E-state index is 11.7. The Hall–Kier alpha value is -1.06. The van der Waals surface area contributed by atoms with Gasteiger partial charge >= 0.3 is 11.9 Å². The first-order valence-electron chi connectivity index (χ1n) is 9.86. The van der Waals surface area contributed by atoms with Gasteiger partial charge in [-0.15, -0.1) is 0 Å². The number of rotatable bonds is 15. The molecule has 24 heavy (non-hydrogen) atoms. The molecule has 0 heterocycles. The van der Waals surface area contributed by atoms with Gasteiger partial charge in [-0.25, -0.2) is 0 Å². The Morgan fingerprint density at radius 1 is 0.792 bits per heavy atom. The van der Waals surface area contributed by atoms with E-state index in [2.05, 4.69) is 6.92 Å². The molecule has 0 radical (unpaired) electrons. The predicted octanol–water partition coefficient (Wildman–Crippen LogP) is 5.43. The van der Waals surface area contributed by atoms with E-state index in [1.165, 1.54) is 32.1 Å². The van der Waals surface area contributed by atoms with Gasteiger partial charge < -0.3 is 9.47 Å². The van der Waals surface area contributed by atoms with Crippen molar-refractivity contribution in [1.29, 1.82) is 0 Å². The maximum Gasteiger partial charge on any atom is 0.306 e. The topological polar surface area (TPSA) is 52.6 Å². The third-order valence-electron chi connectivity index (χ3n) is 4.20. The van der Waals surface area contributed by atoms with Crippen LogP contribution in [0, 0.1) is 5.92 Å². The van der Waals surface area contributed by atoms with Crippen molar-refractivity contribution in [3.05, 3.63) is 0 Å².